The monoisotopic (exact) mass is 228 g/mol. The van der Waals surface area contributed by atoms with Gasteiger partial charge in [0.05, 0.1) is 0 Å². The van der Waals surface area contributed by atoms with E-state index in [0.717, 1.165) is 12.8 Å². The van der Waals surface area contributed by atoms with Crippen molar-refractivity contribution in [3.63, 3.8) is 0 Å². The quantitative estimate of drug-likeness (QED) is 0.754. The lowest BCUT2D eigenvalue weighted by Gasteiger charge is -2.36. The van der Waals surface area contributed by atoms with Crippen LogP contribution in [0.1, 0.15) is 47.0 Å². The minimum absolute atomic E-state index is 0.00847. The Morgan fingerprint density at radius 1 is 1.31 bits per heavy atom. The average molecular weight is 228 g/mol. The van der Waals surface area contributed by atoms with Gasteiger partial charge in [-0.3, -0.25) is 0 Å². The van der Waals surface area contributed by atoms with Crippen molar-refractivity contribution in [2.45, 2.75) is 59.2 Å². The summed E-state index contributed by atoms with van der Waals surface area (Å²) >= 11 is 0. The van der Waals surface area contributed by atoms with Crippen LogP contribution in [0.3, 0.4) is 0 Å². The first-order chi connectivity index (χ1) is 7.41. The fourth-order valence-corrected chi connectivity index (χ4v) is 2.50. The second-order valence-electron chi connectivity index (χ2n) is 5.48. The molecule has 0 saturated heterocycles. The van der Waals surface area contributed by atoms with Gasteiger partial charge in [-0.1, -0.05) is 27.2 Å². The Bertz CT molecular complexity index is 235. The Hall–Kier alpha value is -0.570. The minimum Gasteiger partial charge on any atom is -0.460 e. The Kier molecular flexibility index (Phi) is 4.78. The van der Waals surface area contributed by atoms with Gasteiger partial charge in [0.1, 0.15) is 12.2 Å². The molecule has 0 aromatic heterocycles. The van der Waals surface area contributed by atoms with Crippen molar-refractivity contribution in [2.24, 2.45) is 17.8 Å². The highest BCUT2D eigenvalue weighted by Gasteiger charge is 2.33. The third kappa shape index (κ3) is 3.48. The number of ether oxygens (including phenoxy) is 1. The molecular formula is C13H24O3. The molecule has 1 rings (SSSR count). The van der Waals surface area contributed by atoms with Gasteiger partial charge >= 0.3 is 5.97 Å². The van der Waals surface area contributed by atoms with Gasteiger partial charge in [-0.05, 0) is 37.5 Å². The molecule has 3 heteroatoms. The van der Waals surface area contributed by atoms with Crippen LogP contribution in [0.4, 0.5) is 0 Å². The zero-order valence-corrected chi connectivity index (χ0v) is 10.8. The van der Waals surface area contributed by atoms with Crippen LogP contribution in [0.25, 0.3) is 0 Å². The molecule has 1 fully saturated rings. The topological polar surface area (TPSA) is 46.5 Å². The molecule has 0 radical (unpaired) electrons. The Labute approximate surface area is 98.2 Å². The van der Waals surface area contributed by atoms with E-state index in [-0.39, 0.29) is 6.10 Å². The van der Waals surface area contributed by atoms with Crippen LogP contribution in [0.15, 0.2) is 0 Å². The SMILES string of the molecule is CC1CC[C@@H](C(C)C)[C@H](OC(=O)C(C)O)C1. The predicted octanol–water partition coefficient (Wildman–Crippen LogP) is 2.37. The molecule has 0 amide bonds. The van der Waals surface area contributed by atoms with E-state index in [1.807, 2.05) is 0 Å². The summed E-state index contributed by atoms with van der Waals surface area (Å²) in [5.41, 5.74) is 0. The number of hydrogen-bond donors (Lipinski definition) is 1. The van der Waals surface area contributed by atoms with E-state index < -0.39 is 12.1 Å². The summed E-state index contributed by atoms with van der Waals surface area (Å²) in [4.78, 5) is 11.4. The third-order valence-corrected chi connectivity index (χ3v) is 3.57. The minimum atomic E-state index is -1.01. The normalized spacial score (nSPS) is 32.5. The highest BCUT2D eigenvalue weighted by Crippen LogP contribution is 2.35. The molecule has 3 nitrogen and oxygen atoms in total. The first-order valence-electron chi connectivity index (χ1n) is 6.30. The van der Waals surface area contributed by atoms with E-state index in [9.17, 15) is 4.79 Å². The van der Waals surface area contributed by atoms with Gasteiger partial charge in [-0.2, -0.15) is 0 Å². The number of hydrogen-bond acceptors (Lipinski definition) is 3. The second-order valence-corrected chi connectivity index (χ2v) is 5.48. The van der Waals surface area contributed by atoms with Gasteiger partial charge in [-0.15, -0.1) is 0 Å². The van der Waals surface area contributed by atoms with Crippen molar-refractivity contribution in [2.75, 3.05) is 0 Å². The van der Waals surface area contributed by atoms with Crippen LogP contribution in [0.2, 0.25) is 0 Å². The van der Waals surface area contributed by atoms with Crippen LogP contribution in [-0.4, -0.2) is 23.3 Å². The van der Waals surface area contributed by atoms with Gasteiger partial charge in [0, 0.05) is 0 Å². The summed E-state index contributed by atoms with van der Waals surface area (Å²) in [5, 5.41) is 9.17. The molecule has 0 aromatic carbocycles. The second kappa shape index (κ2) is 5.67. The fraction of sp³-hybridized carbons (Fsp3) is 0.923. The molecule has 0 aliphatic heterocycles. The summed E-state index contributed by atoms with van der Waals surface area (Å²) in [7, 11) is 0. The van der Waals surface area contributed by atoms with E-state index in [1.165, 1.54) is 13.3 Å². The first-order valence-corrected chi connectivity index (χ1v) is 6.30. The van der Waals surface area contributed by atoms with Crippen molar-refractivity contribution in [1.29, 1.82) is 0 Å². The van der Waals surface area contributed by atoms with Crippen LogP contribution < -0.4 is 0 Å². The van der Waals surface area contributed by atoms with Crippen LogP contribution in [-0.2, 0) is 9.53 Å². The van der Waals surface area contributed by atoms with Crippen molar-refractivity contribution in [3.05, 3.63) is 0 Å². The van der Waals surface area contributed by atoms with E-state index in [2.05, 4.69) is 20.8 Å². The zero-order valence-electron chi connectivity index (χ0n) is 10.8. The predicted molar refractivity (Wildman–Crippen MR) is 62.9 cm³/mol. The maximum absolute atomic E-state index is 11.4. The van der Waals surface area contributed by atoms with E-state index in [4.69, 9.17) is 9.84 Å². The highest BCUT2D eigenvalue weighted by atomic mass is 16.6. The van der Waals surface area contributed by atoms with Gasteiger partial charge in [0.25, 0.3) is 0 Å². The lowest BCUT2D eigenvalue weighted by Crippen LogP contribution is -2.37. The van der Waals surface area contributed by atoms with Gasteiger partial charge in [0.2, 0.25) is 0 Å². The molecule has 0 bridgehead atoms. The molecular weight excluding hydrogens is 204 g/mol. The van der Waals surface area contributed by atoms with Crippen LogP contribution in [0.5, 0.6) is 0 Å². The van der Waals surface area contributed by atoms with E-state index >= 15 is 0 Å². The van der Waals surface area contributed by atoms with Crippen molar-refractivity contribution in [1.82, 2.24) is 0 Å². The maximum atomic E-state index is 11.4. The number of aliphatic hydroxyl groups excluding tert-OH is 1. The van der Waals surface area contributed by atoms with Crippen LogP contribution in [0, 0.1) is 17.8 Å². The van der Waals surface area contributed by atoms with Crippen molar-refractivity contribution >= 4 is 5.97 Å². The Morgan fingerprint density at radius 2 is 1.94 bits per heavy atom. The average Bonchev–Trinajstić information content (AvgIpc) is 2.16. The number of carbonyl (C=O) groups is 1. The zero-order chi connectivity index (χ0) is 12.3. The summed E-state index contributed by atoms with van der Waals surface area (Å²) in [6.45, 7) is 7.99. The molecule has 0 aromatic rings. The number of aliphatic hydroxyl groups is 1. The lowest BCUT2D eigenvalue weighted by atomic mass is 9.75. The molecule has 4 atom stereocenters. The number of esters is 1. The van der Waals surface area contributed by atoms with Gasteiger partial charge in [-0.25, -0.2) is 4.79 Å². The molecule has 1 N–H and O–H groups in total. The molecule has 1 aliphatic carbocycles. The third-order valence-electron chi connectivity index (χ3n) is 3.57. The summed E-state index contributed by atoms with van der Waals surface area (Å²) in [6, 6.07) is 0. The Morgan fingerprint density at radius 3 is 2.44 bits per heavy atom. The summed E-state index contributed by atoms with van der Waals surface area (Å²) < 4.78 is 5.41. The van der Waals surface area contributed by atoms with E-state index in [1.54, 1.807) is 0 Å². The van der Waals surface area contributed by atoms with Crippen molar-refractivity contribution < 1.29 is 14.6 Å². The highest BCUT2D eigenvalue weighted by molar-refractivity contribution is 5.74. The van der Waals surface area contributed by atoms with Gasteiger partial charge < -0.3 is 9.84 Å². The summed E-state index contributed by atoms with van der Waals surface area (Å²) in [5.74, 6) is 1.10. The first kappa shape index (κ1) is 13.5. The standard InChI is InChI=1S/C13H24O3/c1-8(2)11-6-5-9(3)7-12(11)16-13(15)10(4)14/h8-12,14H,5-7H2,1-4H3/t9?,10?,11-,12+/m0/s1. The Balaban J connectivity index is 2.61. The number of carbonyl (C=O) groups excluding carboxylic acids is 1. The fourth-order valence-electron chi connectivity index (χ4n) is 2.50. The molecule has 0 spiro atoms. The lowest BCUT2D eigenvalue weighted by molar-refractivity contribution is -0.164. The van der Waals surface area contributed by atoms with E-state index in [0.29, 0.717) is 17.8 Å². The van der Waals surface area contributed by atoms with Gasteiger partial charge in [0.15, 0.2) is 0 Å². The molecule has 16 heavy (non-hydrogen) atoms. The molecule has 1 aliphatic rings. The molecule has 2 unspecified atom stereocenters. The molecule has 1 saturated carbocycles. The smallest absolute Gasteiger partial charge is 0.334 e. The largest absolute Gasteiger partial charge is 0.460 e. The maximum Gasteiger partial charge on any atom is 0.334 e. The molecule has 94 valence electrons. The van der Waals surface area contributed by atoms with Crippen LogP contribution >= 0.6 is 0 Å². The summed E-state index contributed by atoms with van der Waals surface area (Å²) in [6.07, 6.45) is 2.25. The molecule has 0 heterocycles. The van der Waals surface area contributed by atoms with Crippen molar-refractivity contribution in [3.8, 4) is 0 Å². The number of rotatable bonds is 3.